The predicted molar refractivity (Wildman–Crippen MR) is 70.4 cm³/mol. The Bertz CT molecular complexity index is 325. The number of halogens is 4. The summed E-state index contributed by atoms with van der Waals surface area (Å²) in [6, 6.07) is 10.5. The molecule has 14 heavy (non-hydrogen) atoms. The first-order chi connectivity index (χ1) is 6.20. The van der Waals surface area contributed by atoms with Crippen LogP contribution in [0.3, 0.4) is 0 Å². The molecule has 2 aromatic rings. The smallest absolute Gasteiger partial charge is 0.147 e. The van der Waals surface area contributed by atoms with Crippen molar-refractivity contribution in [2.24, 2.45) is 0 Å². The summed E-state index contributed by atoms with van der Waals surface area (Å²) >= 11 is 16.2. The lowest BCUT2D eigenvalue weighted by Crippen LogP contribution is -1.56. The lowest BCUT2D eigenvalue weighted by molar-refractivity contribution is 1.86. The molecule has 0 unspecified atom stereocenters. The first-order valence-corrected chi connectivity index (χ1v) is 5.73. The van der Waals surface area contributed by atoms with E-state index in [0.717, 1.165) is 0 Å². The van der Waals surface area contributed by atoms with Crippen molar-refractivity contribution >= 4 is 68.6 Å². The van der Waals surface area contributed by atoms with Crippen LogP contribution < -0.4 is 0 Å². The minimum atomic E-state index is -0.750. The van der Waals surface area contributed by atoms with Gasteiger partial charge in [-0.25, -0.2) is 0 Å². The van der Waals surface area contributed by atoms with Crippen LogP contribution in [0.15, 0.2) is 35.7 Å². The summed E-state index contributed by atoms with van der Waals surface area (Å²) < 4.78 is 0.623. The molecule has 0 bridgehead atoms. The Morgan fingerprint density at radius 2 is 1.57 bits per heavy atom. The van der Waals surface area contributed by atoms with Gasteiger partial charge in [-0.05, 0) is 22.9 Å². The zero-order chi connectivity index (χ0) is 9.68. The van der Waals surface area contributed by atoms with E-state index in [2.05, 4.69) is 35.7 Å². The van der Waals surface area contributed by atoms with Gasteiger partial charge in [0.25, 0.3) is 0 Å². The van der Waals surface area contributed by atoms with Crippen LogP contribution in [0.2, 0.25) is 0 Å². The Morgan fingerprint density at radius 3 is 2.14 bits per heavy atom. The first-order valence-electron chi connectivity index (χ1n) is 3.54. The molecule has 0 spiro atoms. The van der Waals surface area contributed by atoms with Crippen LogP contribution in [0, 0.1) is 0 Å². The molecule has 0 fully saturated rings. The normalized spacial score (nSPS) is 9.14. The zero-order valence-corrected chi connectivity index (χ0v) is 10.9. The van der Waals surface area contributed by atoms with Crippen LogP contribution >= 0.6 is 58.5 Å². The maximum Gasteiger partial charge on any atom is 0.180 e. The Balaban J connectivity index is 0.000000299. The third-order valence-electron chi connectivity index (χ3n) is 1.36. The van der Waals surface area contributed by atoms with Crippen molar-refractivity contribution < 1.29 is 0 Å². The number of alkyl halides is 3. The monoisotopic (exact) mass is 288 g/mol. The van der Waals surface area contributed by atoms with Crippen LogP contribution in [0.4, 0.5) is 0 Å². The molecule has 0 amide bonds. The predicted octanol–water partition coefficient (Wildman–Crippen LogP) is 5.31. The average molecular weight is 290 g/mol. The second kappa shape index (κ2) is 7.61. The molecule has 78 valence electrons. The Labute approximate surface area is 108 Å². The maximum absolute atomic E-state index is 4.81. The topological polar surface area (TPSA) is 0 Å². The molecule has 0 nitrogen and oxygen atoms in total. The van der Waals surface area contributed by atoms with Crippen molar-refractivity contribution in [2.45, 2.75) is 4.30 Å². The maximum atomic E-state index is 4.81. The summed E-state index contributed by atoms with van der Waals surface area (Å²) in [6.45, 7) is 0. The highest BCUT2D eigenvalue weighted by Gasteiger charge is 1.87. The van der Waals surface area contributed by atoms with E-state index in [4.69, 9.17) is 34.8 Å². The van der Waals surface area contributed by atoms with Gasteiger partial charge in [-0.3, -0.25) is 0 Å². The fourth-order valence-corrected chi connectivity index (χ4v) is 1.70. The van der Waals surface area contributed by atoms with Crippen molar-refractivity contribution in [2.75, 3.05) is 0 Å². The Kier molecular flexibility index (Phi) is 7.79. The highest BCUT2D eigenvalue weighted by atomic mass is 35.6. The highest BCUT2D eigenvalue weighted by molar-refractivity contribution is 7.17. The van der Waals surface area contributed by atoms with Gasteiger partial charge in [0.15, 0.2) is 4.30 Å². The third kappa shape index (κ3) is 5.28. The van der Waals surface area contributed by atoms with Gasteiger partial charge in [0.05, 0.1) is 0 Å². The van der Waals surface area contributed by atoms with E-state index in [1.165, 1.54) is 10.1 Å². The fourth-order valence-electron chi connectivity index (χ4n) is 0.906. The van der Waals surface area contributed by atoms with E-state index in [9.17, 15) is 0 Å². The van der Waals surface area contributed by atoms with Crippen LogP contribution in [-0.2, 0) is 0 Å². The SMILES string of the molecule is Cl.ClC(Cl)Cl.c1ccc2sccc2c1. The molecule has 1 aromatic carbocycles. The standard InChI is InChI=1S/C8H6S.CHCl3.ClH/c1-2-4-8-7(3-1)5-6-9-8;2-1(3)4;/h1-6H;1H;1H. The Hall–Kier alpha value is 0.340. The van der Waals surface area contributed by atoms with E-state index in [1.807, 2.05) is 0 Å². The molecule has 0 aliphatic rings. The molecule has 0 saturated carbocycles. The number of benzene rings is 1. The first kappa shape index (κ1) is 14.3. The molecule has 1 aromatic heterocycles. The molecule has 0 saturated heterocycles. The minimum absolute atomic E-state index is 0. The summed E-state index contributed by atoms with van der Waals surface area (Å²) in [7, 11) is 0. The minimum Gasteiger partial charge on any atom is -0.147 e. The summed E-state index contributed by atoms with van der Waals surface area (Å²) in [5.74, 6) is 0. The summed E-state index contributed by atoms with van der Waals surface area (Å²) in [5, 5.41) is 3.47. The number of hydrogen-bond acceptors (Lipinski definition) is 1. The molecular formula is C9H8Cl4S. The molecular weight excluding hydrogens is 282 g/mol. The van der Waals surface area contributed by atoms with Gasteiger partial charge >= 0.3 is 0 Å². The molecule has 0 radical (unpaired) electrons. The number of fused-ring (bicyclic) bond motifs is 1. The van der Waals surface area contributed by atoms with Gasteiger partial charge in [0.2, 0.25) is 0 Å². The lowest BCUT2D eigenvalue weighted by atomic mass is 10.3. The largest absolute Gasteiger partial charge is 0.180 e. The summed E-state index contributed by atoms with van der Waals surface area (Å²) in [5.41, 5.74) is 0. The van der Waals surface area contributed by atoms with Crippen molar-refractivity contribution in [1.82, 2.24) is 0 Å². The lowest BCUT2D eigenvalue weighted by Gasteiger charge is -1.82. The number of hydrogen-bond donors (Lipinski definition) is 0. The van der Waals surface area contributed by atoms with Crippen molar-refractivity contribution in [1.29, 1.82) is 0 Å². The third-order valence-corrected chi connectivity index (χ3v) is 2.26. The van der Waals surface area contributed by atoms with Crippen molar-refractivity contribution in [3.05, 3.63) is 35.7 Å². The van der Waals surface area contributed by atoms with Gasteiger partial charge in [0, 0.05) is 4.70 Å². The Morgan fingerprint density at radius 1 is 1.00 bits per heavy atom. The van der Waals surface area contributed by atoms with E-state index in [0.29, 0.717) is 0 Å². The van der Waals surface area contributed by atoms with Gasteiger partial charge in [0.1, 0.15) is 0 Å². The fraction of sp³-hybridized carbons (Fsp3) is 0.111. The van der Waals surface area contributed by atoms with Crippen LogP contribution in [0.25, 0.3) is 10.1 Å². The van der Waals surface area contributed by atoms with Gasteiger partial charge in [-0.15, -0.1) is 23.7 Å². The number of thiophene rings is 1. The van der Waals surface area contributed by atoms with Crippen LogP contribution in [-0.4, -0.2) is 4.30 Å². The number of rotatable bonds is 0. The molecule has 0 atom stereocenters. The summed E-state index contributed by atoms with van der Waals surface area (Å²) in [4.78, 5) is 0. The van der Waals surface area contributed by atoms with E-state index in [1.54, 1.807) is 11.3 Å². The van der Waals surface area contributed by atoms with Crippen LogP contribution in [0.1, 0.15) is 0 Å². The van der Waals surface area contributed by atoms with Gasteiger partial charge < -0.3 is 0 Å². The highest BCUT2D eigenvalue weighted by Crippen LogP contribution is 2.18. The second-order valence-electron chi connectivity index (χ2n) is 2.21. The molecule has 2 rings (SSSR count). The van der Waals surface area contributed by atoms with Gasteiger partial charge in [-0.1, -0.05) is 53.0 Å². The van der Waals surface area contributed by atoms with Gasteiger partial charge in [-0.2, -0.15) is 0 Å². The van der Waals surface area contributed by atoms with Crippen LogP contribution in [0.5, 0.6) is 0 Å². The van der Waals surface area contributed by atoms with E-state index in [-0.39, 0.29) is 12.4 Å². The van der Waals surface area contributed by atoms with E-state index < -0.39 is 4.30 Å². The molecule has 0 aliphatic carbocycles. The summed E-state index contributed by atoms with van der Waals surface area (Å²) in [6.07, 6.45) is 0. The zero-order valence-electron chi connectivity index (χ0n) is 6.99. The molecule has 5 heteroatoms. The second-order valence-corrected chi connectivity index (χ2v) is 5.13. The molecule has 0 aliphatic heterocycles. The quantitative estimate of drug-likeness (QED) is 0.577. The molecule has 0 N–H and O–H groups in total. The van der Waals surface area contributed by atoms with Crippen molar-refractivity contribution in [3.63, 3.8) is 0 Å². The van der Waals surface area contributed by atoms with Crippen molar-refractivity contribution in [3.8, 4) is 0 Å². The molecule has 1 heterocycles. The average Bonchev–Trinajstić information content (AvgIpc) is 2.49. The van der Waals surface area contributed by atoms with E-state index >= 15 is 0 Å².